The Balaban J connectivity index is 1.98. The van der Waals surface area contributed by atoms with Gasteiger partial charge in [0.15, 0.2) is 5.78 Å². The lowest BCUT2D eigenvalue weighted by Crippen LogP contribution is -2.04. The summed E-state index contributed by atoms with van der Waals surface area (Å²) < 4.78 is 1.74. The highest BCUT2D eigenvalue weighted by Gasteiger charge is 2.08. The van der Waals surface area contributed by atoms with E-state index in [0.717, 1.165) is 11.3 Å². The van der Waals surface area contributed by atoms with Crippen LogP contribution >= 0.6 is 0 Å². The first-order valence-electron chi connectivity index (χ1n) is 5.59. The van der Waals surface area contributed by atoms with Crippen LogP contribution in [0.4, 0.5) is 0 Å². The Hall–Kier alpha value is -1.97. The van der Waals surface area contributed by atoms with E-state index in [1.165, 1.54) is 0 Å². The van der Waals surface area contributed by atoms with E-state index in [9.17, 15) is 4.79 Å². The van der Waals surface area contributed by atoms with Crippen LogP contribution in [-0.2, 0) is 13.5 Å². The summed E-state index contributed by atoms with van der Waals surface area (Å²) in [5.74, 6) is 0.0811. The van der Waals surface area contributed by atoms with E-state index < -0.39 is 0 Å². The highest BCUT2D eigenvalue weighted by molar-refractivity contribution is 5.94. The van der Waals surface area contributed by atoms with Crippen molar-refractivity contribution in [1.29, 1.82) is 0 Å². The molecule has 0 aliphatic carbocycles. The Morgan fingerprint density at radius 2 is 2.24 bits per heavy atom. The third-order valence-corrected chi connectivity index (χ3v) is 2.57. The van der Waals surface area contributed by atoms with Crippen LogP contribution in [0.1, 0.15) is 28.2 Å². The number of aromatic nitrogens is 3. The molecular weight excluding hydrogens is 214 g/mol. The average Bonchev–Trinajstić information content (AvgIpc) is 2.72. The summed E-state index contributed by atoms with van der Waals surface area (Å²) in [6, 6.07) is 5.51. The van der Waals surface area contributed by atoms with Crippen molar-refractivity contribution in [1.82, 2.24) is 14.8 Å². The molecular formula is C13H15N3O. The highest BCUT2D eigenvalue weighted by atomic mass is 16.1. The molecule has 2 rings (SSSR count). The Morgan fingerprint density at radius 1 is 1.41 bits per heavy atom. The number of carbonyl (C=O) groups is 1. The van der Waals surface area contributed by atoms with Crippen LogP contribution in [0.2, 0.25) is 0 Å². The quantitative estimate of drug-likeness (QED) is 0.753. The molecule has 0 fully saturated rings. The summed E-state index contributed by atoms with van der Waals surface area (Å²) in [4.78, 5) is 16.1. The molecule has 2 aromatic rings. The van der Waals surface area contributed by atoms with Gasteiger partial charge in [-0.25, -0.2) is 0 Å². The standard InChI is InChI=1S/C13H15N3O/c1-10-4-3-5-12(15-10)13(17)7-6-11-8-14-16(2)9-11/h3-5,8-9H,6-7H2,1-2H3. The smallest absolute Gasteiger partial charge is 0.181 e. The average molecular weight is 229 g/mol. The zero-order valence-corrected chi connectivity index (χ0v) is 10.1. The Morgan fingerprint density at radius 3 is 2.88 bits per heavy atom. The maximum atomic E-state index is 11.9. The number of rotatable bonds is 4. The fraction of sp³-hybridized carbons (Fsp3) is 0.308. The van der Waals surface area contributed by atoms with Crippen LogP contribution in [0, 0.1) is 6.92 Å². The SMILES string of the molecule is Cc1cccc(C(=O)CCc2cnn(C)c2)n1. The number of pyridine rings is 1. The fourth-order valence-corrected chi connectivity index (χ4v) is 1.69. The van der Waals surface area contributed by atoms with E-state index in [2.05, 4.69) is 10.1 Å². The molecule has 0 spiro atoms. The first kappa shape index (κ1) is 11.5. The van der Waals surface area contributed by atoms with Crippen molar-refractivity contribution in [3.63, 3.8) is 0 Å². The maximum absolute atomic E-state index is 11.9. The Labute approximate surface area is 100 Å². The lowest BCUT2D eigenvalue weighted by atomic mass is 10.1. The van der Waals surface area contributed by atoms with Crippen molar-refractivity contribution in [2.45, 2.75) is 19.8 Å². The predicted octanol–water partition coefficient (Wildman–Crippen LogP) is 1.94. The van der Waals surface area contributed by atoms with Crippen molar-refractivity contribution in [2.24, 2.45) is 7.05 Å². The van der Waals surface area contributed by atoms with Crippen molar-refractivity contribution >= 4 is 5.78 Å². The van der Waals surface area contributed by atoms with Crippen LogP contribution in [0.5, 0.6) is 0 Å². The molecule has 17 heavy (non-hydrogen) atoms. The van der Waals surface area contributed by atoms with Crippen molar-refractivity contribution in [2.75, 3.05) is 0 Å². The number of hydrogen-bond donors (Lipinski definition) is 0. The molecule has 2 aromatic heterocycles. The fourth-order valence-electron chi connectivity index (χ4n) is 1.69. The van der Waals surface area contributed by atoms with Gasteiger partial charge in [-0.3, -0.25) is 14.5 Å². The number of aryl methyl sites for hydroxylation is 3. The van der Waals surface area contributed by atoms with Gasteiger partial charge in [-0.2, -0.15) is 5.10 Å². The Kier molecular flexibility index (Phi) is 3.32. The van der Waals surface area contributed by atoms with Gasteiger partial charge in [-0.15, -0.1) is 0 Å². The van der Waals surface area contributed by atoms with Gasteiger partial charge >= 0.3 is 0 Å². The topological polar surface area (TPSA) is 47.8 Å². The van der Waals surface area contributed by atoms with E-state index in [-0.39, 0.29) is 5.78 Å². The van der Waals surface area contributed by atoms with Gasteiger partial charge in [0.05, 0.1) is 6.20 Å². The lowest BCUT2D eigenvalue weighted by molar-refractivity contribution is 0.0978. The second-order valence-electron chi connectivity index (χ2n) is 4.11. The van der Waals surface area contributed by atoms with E-state index in [0.29, 0.717) is 18.5 Å². The molecule has 0 saturated heterocycles. The van der Waals surface area contributed by atoms with Crippen LogP contribution in [0.25, 0.3) is 0 Å². The van der Waals surface area contributed by atoms with E-state index >= 15 is 0 Å². The van der Waals surface area contributed by atoms with Gasteiger partial charge in [0.1, 0.15) is 5.69 Å². The molecule has 0 amide bonds. The number of nitrogens with zero attached hydrogens (tertiary/aromatic N) is 3. The molecule has 0 aliphatic rings. The lowest BCUT2D eigenvalue weighted by Gasteiger charge is -2.00. The second-order valence-corrected chi connectivity index (χ2v) is 4.11. The molecule has 0 unspecified atom stereocenters. The number of Topliss-reactive ketones (excluding diaryl/α,β-unsaturated/α-hetero) is 1. The first-order chi connectivity index (χ1) is 8.15. The molecule has 0 radical (unpaired) electrons. The van der Waals surface area contributed by atoms with Crippen LogP contribution in [0.3, 0.4) is 0 Å². The Bertz CT molecular complexity index is 531. The van der Waals surface area contributed by atoms with Gasteiger partial charge in [0.2, 0.25) is 0 Å². The molecule has 0 bridgehead atoms. The summed E-state index contributed by atoms with van der Waals surface area (Å²) in [5.41, 5.74) is 2.50. The normalized spacial score (nSPS) is 10.5. The molecule has 2 heterocycles. The number of hydrogen-bond acceptors (Lipinski definition) is 3. The largest absolute Gasteiger partial charge is 0.292 e. The second kappa shape index (κ2) is 4.91. The number of ketones is 1. The molecule has 0 N–H and O–H groups in total. The minimum absolute atomic E-state index is 0.0811. The highest BCUT2D eigenvalue weighted by Crippen LogP contribution is 2.06. The summed E-state index contributed by atoms with van der Waals surface area (Å²) in [6.07, 6.45) is 4.90. The third-order valence-electron chi connectivity index (χ3n) is 2.57. The van der Waals surface area contributed by atoms with E-state index in [1.54, 1.807) is 16.9 Å². The van der Waals surface area contributed by atoms with E-state index in [1.807, 2.05) is 32.3 Å². The van der Waals surface area contributed by atoms with Gasteiger partial charge in [0.25, 0.3) is 0 Å². The molecule has 0 atom stereocenters. The van der Waals surface area contributed by atoms with E-state index in [4.69, 9.17) is 0 Å². The van der Waals surface area contributed by atoms with Crippen LogP contribution in [0.15, 0.2) is 30.6 Å². The monoisotopic (exact) mass is 229 g/mol. The first-order valence-corrected chi connectivity index (χ1v) is 5.59. The zero-order valence-electron chi connectivity index (χ0n) is 10.1. The summed E-state index contributed by atoms with van der Waals surface area (Å²) in [6.45, 7) is 1.89. The summed E-state index contributed by atoms with van der Waals surface area (Å²) in [7, 11) is 1.87. The molecule has 4 heteroatoms. The maximum Gasteiger partial charge on any atom is 0.181 e. The summed E-state index contributed by atoms with van der Waals surface area (Å²) in [5, 5.41) is 4.07. The van der Waals surface area contributed by atoms with Gasteiger partial charge in [0, 0.05) is 25.4 Å². The predicted molar refractivity (Wildman–Crippen MR) is 64.8 cm³/mol. The third kappa shape index (κ3) is 3.00. The van der Waals surface area contributed by atoms with Gasteiger partial charge < -0.3 is 0 Å². The minimum Gasteiger partial charge on any atom is -0.292 e. The molecule has 0 aliphatic heterocycles. The van der Waals surface area contributed by atoms with Crippen molar-refractivity contribution in [3.8, 4) is 0 Å². The van der Waals surface area contributed by atoms with Gasteiger partial charge in [-0.1, -0.05) is 6.07 Å². The minimum atomic E-state index is 0.0811. The number of carbonyl (C=O) groups excluding carboxylic acids is 1. The van der Waals surface area contributed by atoms with Crippen LogP contribution < -0.4 is 0 Å². The summed E-state index contributed by atoms with van der Waals surface area (Å²) >= 11 is 0. The molecule has 0 aromatic carbocycles. The van der Waals surface area contributed by atoms with Crippen molar-refractivity contribution in [3.05, 3.63) is 47.5 Å². The molecule has 4 nitrogen and oxygen atoms in total. The van der Waals surface area contributed by atoms with Gasteiger partial charge in [-0.05, 0) is 31.0 Å². The zero-order chi connectivity index (χ0) is 12.3. The molecule has 88 valence electrons. The molecule has 0 saturated carbocycles. The van der Waals surface area contributed by atoms with Crippen molar-refractivity contribution < 1.29 is 4.79 Å². The van der Waals surface area contributed by atoms with Crippen LogP contribution in [-0.4, -0.2) is 20.5 Å².